The molecule has 60 valence electrons. The zero-order valence-electron chi connectivity index (χ0n) is 6.83. The second-order valence-electron chi connectivity index (χ2n) is 2.89. The topological polar surface area (TPSA) is 64.9 Å². The molecule has 0 unspecified atom stereocenters. The van der Waals surface area contributed by atoms with E-state index >= 15 is 0 Å². The fourth-order valence-electron chi connectivity index (χ4n) is 0.814. The molecule has 3 heteroatoms. The lowest BCUT2D eigenvalue weighted by Gasteiger charge is -2.05. The molecule has 3 nitrogen and oxygen atoms in total. The van der Waals surface area contributed by atoms with Gasteiger partial charge in [-0.3, -0.25) is 4.98 Å². The average Bonchev–Trinajstić information content (AvgIpc) is 1.94. The third-order valence-corrected chi connectivity index (χ3v) is 1.58. The molecule has 0 spiro atoms. The van der Waals surface area contributed by atoms with Crippen molar-refractivity contribution >= 4 is 11.4 Å². The van der Waals surface area contributed by atoms with Gasteiger partial charge in [-0.05, 0) is 12.0 Å². The molecule has 1 aromatic rings. The first-order chi connectivity index (χ1) is 5.11. The van der Waals surface area contributed by atoms with Crippen molar-refractivity contribution in [1.82, 2.24) is 4.98 Å². The second kappa shape index (κ2) is 2.78. The summed E-state index contributed by atoms with van der Waals surface area (Å²) < 4.78 is 0. The van der Waals surface area contributed by atoms with Gasteiger partial charge >= 0.3 is 0 Å². The molecule has 0 fully saturated rings. The molecule has 0 amide bonds. The van der Waals surface area contributed by atoms with Crippen LogP contribution in [0.4, 0.5) is 11.4 Å². The molecule has 0 saturated carbocycles. The highest BCUT2D eigenvalue weighted by molar-refractivity contribution is 5.61. The Morgan fingerprint density at radius 2 is 1.91 bits per heavy atom. The Kier molecular flexibility index (Phi) is 1.98. The molecule has 0 radical (unpaired) electrons. The average molecular weight is 151 g/mol. The molecule has 0 aromatic carbocycles. The number of anilines is 2. The van der Waals surface area contributed by atoms with E-state index < -0.39 is 0 Å². The van der Waals surface area contributed by atoms with Gasteiger partial charge < -0.3 is 11.5 Å². The Bertz CT molecular complexity index is 256. The third-order valence-electron chi connectivity index (χ3n) is 1.58. The smallest absolute Gasteiger partial charge is 0.0734 e. The number of hydrogen-bond acceptors (Lipinski definition) is 3. The summed E-state index contributed by atoms with van der Waals surface area (Å²) in [6.07, 6.45) is 1.60. The Morgan fingerprint density at radius 3 is 2.36 bits per heavy atom. The number of rotatable bonds is 1. The van der Waals surface area contributed by atoms with E-state index in [1.165, 1.54) is 0 Å². The number of pyridine rings is 1. The predicted molar refractivity (Wildman–Crippen MR) is 47.2 cm³/mol. The van der Waals surface area contributed by atoms with Gasteiger partial charge in [-0.25, -0.2) is 0 Å². The number of aromatic nitrogens is 1. The molecule has 1 aromatic heterocycles. The maximum Gasteiger partial charge on any atom is 0.0734 e. The SMILES string of the molecule is CC(C)c1cc(N)c(N)cn1. The molecule has 11 heavy (non-hydrogen) atoms. The van der Waals surface area contributed by atoms with Crippen LogP contribution in [-0.2, 0) is 0 Å². The first-order valence-electron chi connectivity index (χ1n) is 3.62. The van der Waals surface area contributed by atoms with E-state index in [9.17, 15) is 0 Å². The molecule has 0 aliphatic rings. The second-order valence-corrected chi connectivity index (χ2v) is 2.89. The van der Waals surface area contributed by atoms with Crippen molar-refractivity contribution in [3.8, 4) is 0 Å². The van der Waals surface area contributed by atoms with Crippen molar-refractivity contribution in [2.45, 2.75) is 19.8 Å². The minimum Gasteiger partial charge on any atom is -0.397 e. The van der Waals surface area contributed by atoms with Crippen molar-refractivity contribution in [3.63, 3.8) is 0 Å². The zero-order valence-corrected chi connectivity index (χ0v) is 6.83. The van der Waals surface area contributed by atoms with Crippen LogP contribution >= 0.6 is 0 Å². The summed E-state index contributed by atoms with van der Waals surface area (Å²) in [4.78, 5) is 4.13. The lowest BCUT2D eigenvalue weighted by Crippen LogP contribution is -1.99. The fourth-order valence-corrected chi connectivity index (χ4v) is 0.814. The minimum absolute atomic E-state index is 0.401. The van der Waals surface area contributed by atoms with Crippen LogP contribution in [-0.4, -0.2) is 4.98 Å². The molecule has 0 aliphatic heterocycles. The van der Waals surface area contributed by atoms with Crippen LogP contribution < -0.4 is 11.5 Å². The molecule has 0 saturated heterocycles. The number of nitrogens with zero attached hydrogens (tertiary/aromatic N) is 1. The lowest BCUT2D eigenvalue weighted by molar-refractivity contribution is 0.824. The summed E-state index contributed by atoms with van der Waals surface area (Å²) in [5.41, 5.74) is 13.2. The van der Waals surface area contributed by atoms with Crippen molar-refractivity contribution in [1.29, 1.82) is 0 Å². The summed E-state index contributed by atoms with van der Waals surface area (Å²) in [7, 11) is 0. The summed E-state index contributed by atoms with van der Waals surface area (Å²) in [6, 6.07) is 1.82. The molecule has 0 aliphatic carbocycles. The maximum atomic E-state index is 5.59. The van der Waals surface area contributed by atoms with E-state index in [1.807, 2.05) is 6.07 Å². The van der Waals surface area contributed by atoms with Gasteiger partial charge in [0.1, 0.15) is 0 Å². The van der Waals surface area contributed by atoms with Crippen molar-refractivity contribution in [2.75, 3.05) is 11.5 Å². The Labute approximate surface area is 66.4 Å². The van der Waals surface area contributed by atoms with Gasteiger partial charge in [0.15, 0.2) is 0 Å². The lowest BCUT2D eigenvalue weighted by atomic mass is 10.1. The van der Waals surface area contributed by atoms with Gasteiger partial charge in [0.2, 0.25) is 0 Å². The Hall–Kier alpha value is -1.25. The number of nitrogens with two attached hydrogens (primary N) is 2. The van der Waals surface area contributed by atoms with Crippen molar-refractivity contribution < 1.29 is 0 Å². The van der Waals surface area contributed by atoms with Crippen molar-refractivity contribution in [3.05, 3.63) is 18.0 Å². The van der Waals surface area contributed by atoms with Gasteiger partial charge in [-0.15, -0.1) is 0 Å². The molecule has 0 bridgehead atoms. The van der Waals surface area contributed by atoms with Crippen LogP contribution in [0.2, 0.25) is 0 Å². The Balaban J connectivity index is 3.05. The summed E-state index contributed by atoms with van der Waals surface area (Å²) >= 11 is 0. The fraction of sp³-hybridized carbons (Fsp3) is 0.375. The third kappa shape index (κ3) is 1.61. The highest BCUT2D eigenvalue weighted by atomic mass is 14.8. The van der Waals surface area contributed by atoms with Crippen molar-refractivity contribution in [2.24, 2.45) is 0 Å². The molecule has 4 N–H and O–H groups in total. The molecular formula is C8H13N3. The van der Waals surface area contributed by atoms with Crippen LogP contribution in [0, 0.1) is 0 Å². The van der Waals surface area contributed by atoms with Crippen LogP contribution in [0.1, 0.15) is 25.5 Å². The normalized spacial score (nSPS) is 10.5. The zero-order chi connectivity index (χ0) is 8.43. The standard InChI is InChI=1S/C8H13N3/c1-5(2)8-3-6(9)7(10)4-11-8/h3-5H,10H2,1-2H3,(H2,9,11). The molecule has 1 heterocycles. The van der Waals surface area contributed by atoms with E-state index in [0.29, 0.717) is 17.3 Å². The van der Waals surface area contributed by atoms with Crippen LogP contribution in [0.15, 0.2) is 12.3 Å². The van der Waals surface area contributed by atoms with E-state index in [1.54, 1.807) is 6.20 Å². The molecular weight excluding hydrogens is 138 g/mol. The molecule has 1 rings (SSSR count). The van der Waals surface area contributed by atoms with E-state index in [0.717, 1.165) is 5.69 Å². The predicted octanol–water partition coefficient (Wildman–Crippen LogP) is 1.37. The maximum absolute atomic E-state index is 5.59. The van der Waals surface area contributed by atoms with Crippen LogP contribution in [0.5, 0.6) is 0 Å². The first-order valence-corrected chi connectivity index (χ1v) is 3.62. The number of hydrogen-bond donors (Lipinski definition) is 2. The number of nitrogen functional groups attached to an aromatic ring is 2. The molecule has 0 atom stereocenters. The van der Waals surface area contributed by atoms with Gasteiger partial charge in [0.25, 0.3) is 0 Å². The summed E-state index contributed by atoms with van der Waals surface area (Å²) in [6.45, 7) is 4.13. The van der Waals surface area contributed by atoms with Gasteiger partial charge in [-0.1, -0.05) is 13.8 Å². The van der Waals surface area contributed by atoms with E-state index in [2.05, 4.69) is 18.8 Å². The van der Waals surface area contributed by atoms with E-state index in [-0.39, 0.29) is 0 Å². The van der Waals surface area contributed by atoms with Gasteiger partial charge in [0, 0.05) is 5.69 Å². The Morgan fingerprint density at radius 1 is 1.27 bits per heavy atom. The summed E-state index contributed by atoms with van der Waals surface area (Å²) in [5.74, 6) is 0.401. The van der Waals surface area contributed by atoms with E-state index in [4.69, 9.17) is 11.5 Å². The van der Waals surface area contributed by atoms with Crippen LogP contribution in [0.25, 0.3) is 0 Å². The monoisotopic (exact) mass is 151 g/mol. The largest absolute Gasteiger partial charge is 0.397 e. The van der Waals surface area contributed by atoms with Crippen LogP contribution in [0.3, 0.4) is 0 Å². The highest BCUT2D eigenvalue weighted by Gasteiger charge is 2.01. The minimum atomic E-state index is 0.401. The quantitative estimate of drug-likeness (QED) is 0.637. The highest BCUT2D eigenvalue weighted by Crippen LogP contribution is 2.18. The van der Waals surface area contributed by atoms with Gasteiger partial charge in [-0.2, -0.15) is 0 Å². The first kappa shape index (κ1) is 7.85. The summed E-state index contributed by atoms with van der Waals surface area (Å²) in [5, 5.41) is 0. The van der Waals surface area contributed by atoms with Gasteiger partial charge in [0.05, 0.1) is 17.6 Å².